The van der Waals surface area contributed by atoms with Gasteiger partial charge in [-0.15, -0.1) is 11.3 Å². The second kappa shape index (κ2) is 7.23. The summed E-state index contributed by atoms with van der Waals surface area (Å²) in [7, 11) is 3.06. The molecule has 1 amide bonds. The highest BCUT2D eigenvalue weighted by Crippen LogP contribution is 2.29. The molecule has 0 atom stereocenters. The van der Waals surface area contributed by atoms with Crippen LogP contribution in [0.1, 0.15) is 15.2 Å². The number of amides is 1. The minimum absolute atomic E-state index is 0.239. The predicted octanol–water partition coefficient (Wildman–Crippen LogP) is 3.96. The molecule has 0 saturated heterocycles. The van der Waals surface area contributed by atoms with Crippen molar-refractivity contribution < 1.29 is 18.7 Å². The highest BCUT2D eigenvalue weighted by molar-refractivity contribution is 7.10. The van der Waals surface area contributed by atoms with Crippen LogP contribution in [-0.4, -0.2) is 20.1 Å². The first-order chi connectivity index (χ1) is 11.7. The molecule has 1 N–H and O–H groups in total. The Morgan fingerprint density at radius 3 is 2.54 bits per heavy atom. The third-order valence-electron chi connectivity index (χ3n) is 3.54. The number of carbonyl (C=O) groups is 1. The number of furan rings is 1. The van der Waals surface area contributed by atoms with Crippen LogP contribution in [0.3, 0.4) is 0 Å². The standard InChI is InChI=1S/C18H17NO4S/c1-21-15-5-3-6-16(22-2)17(15)18(20)19-10-13-9-12(11-24-13)14-7-4-8-23-14/h3-9,11H,10H2,1-2H3,(H,19,20). The Balaban J connectivity index is 1.72. The number of thiophene rings is 1. The number of nitrogens with one attached hydrogen (secondary N) is 1. The predicted molar refractivity (Wildman–Crippen MR) is 92.7 cm³/mol. The third kappa shape index (κ3) is 3.28. The zero-order valence-corrected chi connectivity index (χ0v) is 14.2. The normalized spacial score (nSPS) is 10.4. The van der Waals surface area contributed by atoms with E-state index < -0.39 is 0 Å². The lowest BCUT2D eigenvalue weighted by Gasteiger charge is -2.12. The van der Waals surface area contributed by atoms with Gasteiger partial charge >= 0.3 is 0 Å². The van der Waals surface area contributed by atoms with Gasteiger partial charge in [-0.1, -0.05) is 6.07 Å². The van der Waals surface area contributed by atoms with Gasteiger partial charge in [0.1, 0.15) is 22.8 Å². The van der Waals surface area contributed by atoms with E-state index in [0.29, 0.717) is 23.6 Å². The fourth-order valence-corrected chi connectivity index (χ4v) is 3.19. The summed E-state index contributed by atoms with van der Waals surface area (Å²) in [5, 5.41) is 4.91. The van der Waals surface area contributed by atoms with Crippen molar-refractivity contribution in [3.8, 4) is 22.8 Å². The first-order valence-electron chi connectivity index (χ1n) is 7.33. The minimum Gasteiger partial charge on any atom is -0.496 e. The lowest BCUT2D eigenvalue weighted by molar-refractivity contribution is 0.0945. The maximum atomic E-state index is 12.5. The molecule has 0 aliphatic rings. The van der Waals surface area contributed by atoms with Crippen molar-refractivity contribution in [3.05, 3.63) is 58.5 Å². The molecule has 0 saturated carbocycles. The molecule has 0 unspecified atom stereocenters. The van der Waals surface area contributed by atoms with Crippen molar-refractivity contribution in [2.45, 2.75) is 6.54 Å². The van der Waals surface area contributed by atoms with Crippen LogP contribution in [0.25, 0.3) is 11.3 Å². The van der Waals surface area contributed by atoms with Crippen LogP contribution in [0, 0.1) is 0 Å². The Morgan fingerprint density at radius 2 is 1.92 bits per heavy atom. The molecule has 2 heterocycles. The number of methoxy groups -OCH3 is 2. The Kier molecular flexibility index (Phi) is 4.86. The average molecular weight is 343 g/mol. The molecule has 24 heavy (non-hydrogen) atoms. The average Bonchev–Trinajstić information content (AvgIpc) is 3.29. The number of ether oxygens (including phenoxy) is 2. The Morgan fingerprint density at radius 1 is 1.17 bits per heavy atom. The number of rotatable bonds is 6. The Labute approximate surface area is 143 Å². The van der Waals surface area contributed by atoms with E-state index in [-0.39, 0.29) is 5.91 Å². The summed E-state index contributed by atoms with van der Waals surface area (Å²) in [6, 6.07) is 11.0. The van der Waals surface area contributed by atoms with Gasteiger partial charge < -0.3 is 19.2 Å². The second-order valence-corrected chi connectivity index (χ2v) is 5.99. The molecule has 1 aromatic carbocycles. The van der Waals surface area contributed by atoms with Crippen LogP contribution in [0.15, 0.2) is 52.5 Å². The van der Waals surface area contributed by atoms with E-state index in [1.54, 1.807) is 35.8 Å². The lowest BCUT2D eigenvalue weighted by atomic mass is 10.1. The van der Waals surface area contributed by atoms with Gasteiger partial charge in [0.25, 0.3) is 5.91 Å². The van der Waals surface area contributed by atoms with Gasteiger partial charge in [0.05, 0.1) is 27.0 Å². The van der Waals surface area contributed by atoms with E-state index in [0.717, 1.165) is 16.2 Å². The fraction of sp³-hybridized carbons (Fsp3) is 0.167. The van der Waals surface area contributed by atoms with E-state index in [9.17, 15) is 4.79 Å². The molecular weight excluding hydrogens is 326 g/mol. The first kappa shape index (κ1) is 16.1. The molecule has 0 bridgehead atoms. The van der Waals surface area contributed by atoms with Crippen LogP contribution >= 0.6 is 11.3 Å². The zero-order chi connectivity index (χ0) is 16.9. The van der Waals surface area contributed by atoms with Crippen molar-refractivity contribution in [3.63, 3.8) is 0 Å². The smallest absolute Gasteiger partial charge is 0.259 e. The second-order valence-electron chi connectivity index (χ2n) is 5.00. The Bertz CT molecular complexity index is 801. The molecule has 0 fully saturated rings. The van der Waals surface area contributed by atoms with Crippen molar-refractivity contribution in [1.82, 2.24) is 5.32 Å². The van der Waals surface area contributed by atoms with Crippen LogP contribution < -0.4 is 14.8 Å². The molecule has 124 valence electrons. The van der Waals surface area contributed by atoms with Crippen molar-refractivity contribution >= 4 is 17.2 Å². The highest BCUT2D eigenvalue weighted by Gasteiger charge is 2.18. The van der Waals surface area contributed by atoms with Crippen LogP contribution in [0.5, 0.6) is 11.5 Å². The van der Waals surface area contributed by atoms with Crippen molar-refractivity contribution in [2.24, 2.45) is 0 Å². The maximum absolute atomic E-state index is 12.5. The van der Waals surface area contributed by atoms with Gasteiger partial charge in [0.15, 0.2) is 0 Å². The maximum Gasteiger partial charge on any atom is 0.259 e. The highest BCUT2D eigenvalue weighted by atomic mass is 32.1. The molecular formula is C18H17NO4S. The Hall–Kier alpha value is -2.73. The van der Waals surface area contributed by atoms with Gasteiger partial charge in [-0.3, -0.25) is 4.79 Å². The monoisotopic (exact) mass is 343 g/mol. The number of benzene rings is 1. The van der Waals surface area contributed by atoms with Crippen LogP contribution in [-0.2, 0) is 6.54 Å². The summed E-state index contributed by atoms with van der Waals surface area (Å²) in [6.45, 7) is 0.422. The number of hydrogen-bond donors (Lipinski definition) is 1. The van der Waals surface area contributed by atoms with E-state index in [1.807, 2.05) is 23.6 Å². The van der Waals surface area contributed by atoms with E-state index >= 15 is 0 Å². The van der Waals surface area contributed by atoms with Gasteiger partial charge in [-0.25, -0.2) is 0 Å². The summed E-state index contributed by atoms with van der Waals surface area (Å²) in [5.74, 6) is 1.54. The van der Waals surface area contributed by atoms with Crippen molar-refractivity contribution in [1.29, 1.82) is 0 Å². The molecule has 3 aromatic rings. The minimum atomic E-state index is -0.239. The first-order valence-corrected chi connectivity index (χ1v) is 8.21. The topological polar surface area (TPSA) is 60.7 Å². The van der Waals surface area contributed by atoms with Gasteiger partial charge in [-0.05, 0) is 30.3 Å². The molecule has 0 aliphatic heterocycles. The van der Waals surface area contributed by atoms with Gasteiger partial charge in [0.2, 0.25) is 0 Å². The molecule has 0 radical (unpaired) electrons. The van der Waals surface area contributed by atoms with Crippen LogP contribution in [0.4, 0.5) is 0 Å². The fourth-order valence-electron chi connectivity index (χ4n) is 2.38. The molecule has 6 heteroatoms. The summed E-state index contributed by atoms with van der Waals surface area (Å²) >= 11 is 1.57. The molecule has 2 aromatic heterocycles. The summed E-state index contributed by atoms with van der Waals surface area (Å²) in [6.07, 6.45) is 1.64. The van der Waals surface area contributed by atoms with Crippen molar-refractivity contribution in [2.75, 3.05) is 14.2 Å². The molecule has 5 nitrogen and oxygen atoms in total. The van der Waals surface area contributed by atoms with Gasteiger partial charge in [-0.2, -0.15) is 0 Å². The third-order valence-corrected chi connectivity index (χ3v) is 4.47. The molecule has 0 spiro atoms. The summed E-state index contributed by atoms with van der Waals surface area (Å²) in [5.41, 5.74) is 1.40. The molecule has 3 rings (SSSR count). The SMILES string of the molecule is COc1cccc(OC)c1C(=O)NCc1cc(-c2ccco2)cs1. The van der Waals surface area contributed by atoms with Crippen LogP contribution in [0.2, 0.25) is 0 Å². The molecule has 0 aliphatic carbocycles. The summed E-state index contributed by atoms with van der Waals surface area (Å²) in [4.78, 5) is 13.6. The quantitative estimate of drug-likeness (QED) is 0.736. The largest absolute Gasteiger partial charge is 0.496 e. The lowest BCUT2D eigenvalue weighted by Crippen LogP contribution is -2.23. The van der Waals surface area contributed by atoms with E-state index in [2.05, 4.69) is 5.32 Å². The van der Waals surface area contributed by atoms with Gasteiger partial charge in [0, 0.05) is 15.8 Å². The van der Waals surface area contributed by atoms with E-state index in [4.69, 9.17) is 13.9 Å². The number of carbonyl (C=O) groups excluding carboxylic acids is 1. The van der Waals surface area contributed by atoms with E-state index in [1.165, 1.54) is 14.2 Å². The summed E-state index contributed by atoms with van der Waals surface area (Å²) < 4.78 is 15.9. The number of hydrogen-bond acceptors (Lipinski definition) is 5. The zero-order valence-electron chi connectivity index (χ0n) is 13.4.